The molecule has 5 heterocycles. The number of nitrogens with zero attached hydrogens (tertiary/aromatic N) is 5. The van der Waals surface area contributed by atoms with Crippen LogP contribution in [-0.2, 0) is 0 Å². The molecule has 0 saturated carbocycles. The molecule has 0 atom stereocenters. The van der Waals surface area contributed by atoms with Gasteiger partial charge < -0.3 is 58.3 Å². The third-order valence-electron chi connectivity index (χ3n) is 12.2. The van der Waals surface area contributed by atoms with E-state index in [2.05, 4.69) is 43.2 Å². The highest BCUT2D eigenvalue weighted by Crippen LogP contribution is 2.37. The quantitative estimate of drug-likeness (QED) is 0.0636. The van der Waals surface area contributed by atoms with Crippen molar-refractivity contribution in [3.05, 3.63) is 138 Å². The van der Waals surface area contributed by atoms with Gasteiger partial charge in [-0.05, 0) is 130 Å². The molecule has 1 fully saturated rings. The number of nitrogens with one attached hydrogen (secondary N) is 1. The van der Waals surface area contributed by atoms with E-state index in [-0.39, 0.29) is 30.1 Å². The Kier molecular flexibility index (Phi) is 15.2. The number of hydrogen-bond donors (Lipinski definition) is 5. The maximum Gasteiger partial charge on any atom is 0.335 e. The van der Waals surface area contributed by atoms with Crippen LogP contribution in [0.15, 0.2) is 135 Å². The molecule has 18 heteroatoms. The maximum atomic E-state index is 11.2. The first kappa shape index (κ1) is 49.2. The number of likely N-dealkylation sites (N-methyl/N-ethyl adjacent to an activating group) is 1. The normalized spacial score (nSPS) is 13.3. The average molecular weight is 989 g/mol. The molecule has 5 N–H and O–H groups in total. The molecule has 6 aromatic carbocycles. The van der Waals surface area contributed by atoms with Crippen molar-refractivity contribution < 1.29 is 57.5 Å². The summed E-state index contributed by atoms with van der Waals surface area (Å²) < 4.78 is 28.0. The lowest BCUT2D eigenvalue weighted by Gasteiger charge is -2.22. The summed E-state index contributed by atoms with van der Waals surface area (Å²) in [5, 5.41) is 39.4. The first-order chi connectivity index (χ1) is 35.5. The molecule has 18 nitrogen and oxygen atoms in total. The van der Waals surface area contributed by atoms with E-state index in [0.29, 0.717) is 57.0 Å². The standard InChI is InChI=1S/C20H21N3O3.C20H22N2O4.C15H9NO5/c1-22-8-3-9-23(11-10-22)16-6-7-17-18(13-16)26-19(21-17)14-4-2-5-15(12-14)20(24)25;23-11-4-2-1-3-10-21-16-8-9-17-18(13-16)26-19(22-17)14-6-5-7-15(12-14)20(24)25;17-15(18)9-1-3-10-12(6-9)21-14(16-10)8-2-4-11-13(5-8)20-7-19-11/h2,4-7,12-13H,3,8-11H2,1H3,(H,24,25);5-9,12-13,21,23H,1-4,10-11H2,(H,24,25);1-6H,7H2,(H,17,18). The van der Waals surface area contributed by atoms with E-state index in [0.717, 1.165) is 98.4 Å². The molecule has 1 saturated heterocycles. The number of aromatic nitrogens is 3. The molecule has 0 bridgehead atoms. The topological polar surface area (TPSA) is 247 Å². The minimum atomic E-state index is -1.00. The van der Waals surface area contributed by atoms with Gasteiger partial charge in [-0.25, -0.2) is 29.3 Å². The van der Waals surface area contributed by atoms with Gasteiger partial charge in [0, 0.05) is 73.0 Å². The summed E-state index contributed by atoms with van der Waals surface area (Å²) in [4.78, 5) is 51.3. The summed E-state index contributed by atoms with van der Waals surface area (Å²) in [5.41, 5.74) is 8.65. The highest BCUT2D eigenvalue weighted by molar-refractivity contribution is 5.93. The van der Waals surface area contributed by atoms with E-state index >= 15 is 0 Å². The molecular formula is C55H52N6O12. The smallest absolute Gasteiger partial charge is 0.335 e. The predicted molar refractivity (Wildman–Crippen MR) is 274 cm³/mol. The number of fused-ring (bicyclic) bond motifs is 4. The molecule has 0 radical (unpaired) electrons. The largest absolute Gasteiger partial charge is 0.478 e. The van der Waals surface area contributed by atoms with Gasteiger partial charge >= 0.3 is 17.9 Å². The number of hydrogen-bond acceptors (Lipinski definition) is 15. The van der Waals surface area contributed by atoms with Crippen LogP contribution in [0.3, 0.4) is 0 Å². The van der Waals surface area contributed by atoms with Crippen molar-refractivity contribution >= 4 is 62.6 Å². The highest BCUT2D eigenvalue weighted by Gasteiger charge is 2.19. The van der Waals surface area contributed by atoms with Crippen LogP contribution in [0.5, 0.6) is 11.5 Å². The lowest BCUT2D eigenvalue weighted by atomic mass is 10.1. The van der Waals surface area contributed by atoms with Crippen LogP contribution in [0.25, 0.3) is 67.7 Å². The minimum absolute atomic E-state index is 0.163. The fraction of sp³-hybridized carbons (Fsp3) is 0.236. The van der Waals surface area contributed by atoms with Crippen molar-refractivity contribution in [1.82, 2.24) is 19.9 Å². The number of unbranched alkanes of at least 4 members (excludes halogenated alkanes) is 3. The Morgan fingerprint density at radius 2 is 1.11 bits per heavy atom. The highest BCUT2D eigenvalue weighted by atomic mass is 16.7. The molecule has 11 rings (SSSR count). The SMILES string of the molecule is CN1CCCN(c2ccc3nc(-c4cccc(C(=O)O)c4)oc3c2)CC1.O=C(O)c1ccc2nc(-c3ccc4c(c3)OCO4)oc2c1.O=C(O)c1cccc(-c2nc3ccc(NCCCCCCO)cc3o2)c1. The number of oxazole rings is 3. The Hall–Kier alpha value is -8.74. The van der Waals surface area contributed by atoms with Crippen molar-refractivity contribution in [1.29, 1.82) is 0 Å². The summed E-state index contributed by atoms with van der Waals surface area (Å²) in [7, 11) is 2.15. The summed E-state index contributed by atoms with van der Waals surface area (Å²) in [5.74, 6) is -0.363. The van der Waals surface area contributed by atoms with Gasteiger partial charge in [-0.1, -0.05) is 25.0 Å². The van der Waals surface area contributed by atoms with Crippen molar-refractivity contribution in [3.63, 3.8) is 0 Å². The van der Waals surface area contributed by atoms with Gasteiger partial charge in [-0.15, -0.1) is 0 Å². The molecule has 0 amide bonds. The van der Waals surface area contributed by atoms with Gasteiger partial charge in [0.25, 0.3) is 0 Å². The van der Waals surface area contributed by atoms with Crippen molar-refractivity contribution in [2.45, 2.75) is 32.1 Å². The van der Waals surface area contributed by atoms with Crippen LogP contribution >= 0.6 is 0 Å². The monoisotopic (exact) mass is 988 g/mol. The Morgan fingerprint density at radius 1 is 0.548 bits per heavy atom. The summed E-state index contributed by atoms with van der Waals surface area (Å²) in [6, 6.07) is 35.0. The molecule has 374 valence electrons. The minimum Gasteiger partial charge on any atom is -0.478 e. The first-order valence-electron chi connectivity index (χ1n) is 23.8. The number of carbonyl (C=O) groups is 3. The molecule has 73 heavy (non-hydrogen) atoms. The maximum absolute atomic E-state index is 11.2. The molecule has 2 aliphatic rings. The zero-order valence-electron chi connectivity index (χ0n) is 39.8. The number of rotatable bonds is 14. The number of aromatic carboxylic acids is 3. The van der Waals surface area contributed by atoms with Gasteiger partial charge in [0.15, 0.2) is 28.2 Å². The second kappa shape index (κ2) is 22.6. The summed E-state index contributed by atoms with van der Waals surface area (Å²) in [6.45, 7) is 5.49. The van der Waals surface area contributed by atoms with E-state index in [9.17, 15) is 14.4 Å². The van der Waals surface area contributed by atoms with E-state index in [1.54, 1.807) is 54.6 Å². The van der Waals surface area contributed by atoms with Crippen molar-refractivity contribution in [2.24, 2.45) is 0 Å². The molecule has 9 aromatic rings. The molecule has 3 aromatic heterocycles. The number of aliphatic hydroxyl groups is 1. The van der Waals surface area contributed by atoms with Crippen molar-refractivity contribution in [3.8, 4) is 45.9 Å². The summed E-state index contributed by atoms with van der Waals surface area (Å²) >= 11 is 0. The first-order valence-corrected chi connectivity index (χ1v) is 23.8. The second-order valence-corrected chi connectivity index (χ2v) is 17.4. The Bertz CT molecular complexity index is 3420. The number of anilines is 2. The third-order valence-corrected chi connectivity index (χ3v) is 12.2. The lowest BCUT2D eigenvalue weighted by molar-refractivity contribution is 0.0686. The van der Waals surface area contributed by atoms with Gasteiger partial charge in [0.2, 0.25) is 24.5 Å². The molecule has 0 aliphatic carbocycles. The van der Waals surface area contributed by atoms with Gasteiger partial charge in [0.05, 0.1) is 16.7 Å². The fourth-order valence-electron chi connectivity index (χ4n) is 8.30. The number of ether oxygens (including phenoxy) is 2. The zero-order valence-corrected chi connectivity index (χ0v) is 39.8. The van der Waals surface area contributed by atoms with Gasteiger partial charge in [-0.3, -0.25) is 0 Å². The number of carboxylic acids is 3. The van der Waals surface area contributed by atoms with Crippen LogP contribution in [0.4, 0.5) is 11.4 Å². The van der Waals surface area contributed by atoms with Crippen LogP contribution in [-0.4, -0.2) is 111 Å². The van der Waals surface area contributed by atoms with E-state index in [1.165, 1.54) is 18.2 Å². The van der Waals surface area contributed by atoms with E-state index < -0.39 is 17.9 Å². The van der Waals surface area contributed by atoms with Crippen LogP contribution < -0.4 is 19.7 Å². The predicted octanol–water partition coefficient (Wildman–Crippen LogP) is 10.4. The Labute approximate surface area is 418 Å². The fourth-order valence-corrected chi connectivity index (χ4v) is 8.30. The van der Waals surface area contributed by atoms with Crippen LogP contribution in [0.1, 0.15) is 63.2 Å². The number of aliphatic hydroxyl groups excluding tert-OH is 1. The zero-order chi connectivity index (χ0) is 50.8. The number of carboxylic acid groups (broad SMARTS) is 3. The second-order valence-electron chi connectivity index (χ2n) is 17.4. The van der Waals surface area contributed by atoms with E-state index in [1.807, 2.05) is 42.5 Å². The Balaban J connectivity index is 0.000000136. The van der Waals surface area contributed by atoms with Gasteiger partial charge in [-0.2, -0.15) is 0 Å². The Morgan fingerprint density at radius 3 is 1.75 bits per heavy atom. The van der Waals surface area contributed by atoms with Crippen molar-refractivity contribution in [2.75, 3.05) is 63.4 Å². The third kappa shape index (κ3) is 12.1. The average Bonchev–Trinajstić information content (AvgIpc) is 4.22. The lowest BCUT2D eigenvalue weighted by Crippen LogP contribution is -2.28. The molecule has 0 spiro atoms. The molecule has 2 aliphatic heterocycles. The molecular weight excluding hydrogens is 937 g/mol. The van der Waals surface area contributed by atoms with Gasteiger partial charge in [0.1, 0.15) is 16.6 Å². The summed E-state index contributed by atoms with van der Waals surface area (Å²) in [6.07, 6.45) is 5.16. The number of benzene rings is 6. The molecule has 0 unspecified atom stereocenters. The van der Waals surface area contributed by atoms with Crippen LogP contribution in [0, 0.1) is 0 Å². The van der Waals surface area contributed by atoms with Crippen LogP contribution in [0.2, 0.25) is 0 Å². The van der Waals surface area contributed by atoms with E-state index in [4.69, 9.17) is 43.2 Å².